The number of hydrogen-bond acceptors (Lipinski definition) is 5. The molecule has 0 saturated heterocycles. The molecule has 0 saturated carbocycles. The number of halogens is 1. The summed E-state index contributed by atoms with van der Waals surface area (Å²) in [4.78, 5) is 30.4. The van der Waals surface area contributed by atoms with E-state index in [1.54, 1.807) is 41.4 Å². The summed E-state index contributed by atoms with van der Waals surface area (Å²) in [6.07, 6.45) is 4.09. The number of aromatic nitrogens is 2. The molecule has 2 unspecified atom stereocenters. The molecule has 2 N–H and O–H groups in total. The number of fused-ring (bicyclic) bond motifs is 1. The zero-order chi connectivity index (χ0) is 32.6. The SMILES string of the molecule is CCC(C)C(CN(Cc1cccc2ccccc12)C(=S)Nc1ccc(F)cc1)NC(=O)Cc1cncn1-c1ccc([N+](=O)[O-])cc1. The Balaban J connectivity index is 1.37. The number of hydrogen-bond donors (Lipinski definition) is 2. The van der Waals surface area contributed by atoms with Gasteiger partial charge >= 0.3 is 0 Å². The van der Waals surface area contributed by atoms with Crippen molar-refractivity contribution < 1.29 is 14.1 Å². The second-order valence-corrected chi connectivity index (χ2v) is 11.6. The third kappa shape index (κ3) is 7.91. The molecule has 0 aliphatic heterocycles. The van der Waals surface area contributed by atoms with Gasteiger partial charge in [-0.25, -0.2) is 9.37 Å². The molecule has 0 bridgehead atoms. The lowest BCUT2D eigenvalue weighted by Gasteiger charge is -2.33. The molecule has 236 valence electrons. The maximum Gasteiger partial charge on any atom is 0.269 e. The van der Waals surface area contributed by atoms with Gasteiger partial charge in [0.05, 0.1) is 23.4 Å². The van der Waals surface area contributed by atoms with Crippen molar-refractivity contribution >= 4 is 45.4 Å². The summed E-state index contributed by atoms with van der Waals surface area (Å²) in [6, 6.07) is 26.2. The van der Waals surface area contributed by atoms with Crippen LogP contribution in [0.4, 0.5) is 15.8 Å². The minimum absolute atomic E-state index is 0.0144. The second-order valence-electron chi connectivity index (χ2n) is 11.2. The quantitative estimate of drug-likeness (QED) is 0.0858. The summed E-state index contributed by atoms with van der Waals surface area (Å²) in [5, 5.41) is 20.3. The van der Waals surface area contributed by atoms with Gasteiger partial charge in [0.25, 0.3) is 5.69 Å². The third-order valence-electron chi connectivity index (χ3n) is 8.11. The van der Waals surface area contributed by atoms with Crippen LogP contribution in [0.5, 0.6) is 0 Å². The lowest BCUT2D eigenvalue weighted by Crippen LogP contribution is -2.50. The van der Waals surface area contributed by atoms with Crippen molar-refractivity contribution in [2.75, 3.05) is 11.9 Å². The summed E-state index contributed by atoms with van der Waals surface area (Å²) in [6.45, 7) is 5.10. The lowest BCUT2D eigenvalue weighted by molar-refractivity contribution is -0.384. The first kappa shape index (κ1) is 32.2. The molecule has 1 amide bonds. The fraction of sp³-hybridized carbons (Fsp3) is 0.229. The van der Waals surface area contributed by atoms with E-state index in [9.17, 15) is 19.3 Å². The van der Waals surface area contributed by atoms with Crippen molar-refractivity contribution in [3.8, 4) is 5.69 Å². The molecule has 0 fully saturated rings. The van der Waals surface area contributed by atoms with Crippen LogP contribution >= 0.6 is 12.2 Å². The number of nitro benzene ring substituents is 1. The van der Waals surface area contributed by atoms with Gasteiger partial charge in [-0.15, -0.1) is 0 Å². The van der Waals surface area contributed by atoms with E-state index in [1.807, 2.05) is 23.1 Å². The number of nitrogens with zero attached hydrogens (tertiary/aromatic N) is 4. The number of nitrogens with one attached hydrogen (secondary N) is 2. The van der Waals surface area contributed by atoms with Gasteiger partial charge in [0.1, 0.15) is 5.82 Å². The van der Waals surface area contributed by atoms with Crippen molar-refractivity contribution in [2.45, 2.75) is 39.3 Å². The summed E-state index contributed by atoms with van der Waals surface area (Å²) in [5.74, 6) is -0.401. The topological polar surface area (TPSA) is 105 Å². The molecule has 0 aliphatic carbocycles. The van der Waals surface area contributed by atoms with E-state index in [2.05, 4.69) is 53.7 Å². The van der Waals surface area contributed by atoms with E-state index < -0.39 is 4.92 Å². The highest BCUT2D eigenvalue weighted by Crippen LogP contribution is 2.23. The summed E-state index contributed by atoms with van der Waals surface area (Å²) < 4.78 is 15.3. The van der Waals surface area contributed by atoms with Crippen molar-refractivity contribution in [3.05, 3.63) is 131 Å². The van der Waals surface area contributed by atoms with Gasteiger partial charge in [0, 0.05) is 48.8 Å². The minimum Gasteiger partial charge on any atom is -0.351 e. The molecule has 1 aromatic heterocycles. The van der Waals surface area contributed by atoms with Crippen LogP contribution in [-0.2, 0) is 17.8 Å². The Bertz CT molecular complexity index is 1820. The highest BCUT2D eigenvalue weighted by molar-refractivity contribution is 7.80. The summed E-state index contributed by atoms with van der Waals surface area (Å²) in [5.41, 5.74) is 3.05. The molecule has 9 nitrogen and oxygen atoms in total. The molecular formula is C35H35FN6O3S. The van der Waals surface area contributed by atoms with Crippen LogP contribution in [-0.4, -0.2) is 43.0 Å². The van der Waals surface area contributed by atoms with Gasteiger partial charge in [-0.2, -0.15) is 0 Å². The molecular weight excluding hydrogens is 603 g/mol. The number of nitro groups is 1. The molecule has 0 spiro atoms. The first-order valence-electron chi connectivity index (χ1n) is 15.1. The van der Waals surface area contributed by atoms with Crippen LogP contribution in [0.1, 0.15) is 31.5 Å². The predicted octanol–water partition coefficient (Wildman–Crippen LogP) is 7.05. The Morgan fingerprint density at radius 3 is 2.48 bits per heavy atom. The Kier molecular flexibility index (Phi) is 10.3. The molecule has 1 heterocycles. The number of imidazole rings is 1. The van der Waals surface area contributed by atoms with Crippen LogP contribution in [0.15, 0.2) is 104 Å². The van der Waals surface area contributed by atoms with Gasteiger partial charge in [0.15, 0.2) is 5.11 Å². The van der Waals surface area contributed by atoms with Crippen LogP contribution in [0.2, 0.25) is 0 Å². The number of carbonyl (C=O) groups excluding carboxylic acids is 1. The van der Waals surface area contributed by atoms with E-state index in [0.717, 1.165) is 22.8 Å². The van der Waals surface area contributed by atoms with Crippen LogP contribution in [0.25, 0.3) is 16.5 Å². The molecule has 5 rings (SSSR count). The largest absolute Gasteiger partial charge is 0.351 e. The Hall–Kier alpha value is -5.16. The maximum absolute atomic E-state index is 13.6. The normalized spacial score (nSPS) is 12.3. The summed E-state index contributed by atoms with van der Waals surface area (Å²) >= 11 is 5.91. The Morgan fingerprint density at radius 1 is 1.04 bits per heavy atom. The van der Waals surface area contributed by atoms with Crippen molar-refractivity contribution in [1.29, 1.82) is 0 Å². The van der Waals surface area contributed by atoms with Gasteiger partial charge in [-0.05, 0) is 70.9 Å². The average molecular weight is 639 g/mol. The second kappa shape index (κ2) is 14.7. The molecule has 46 heavy (non-hydrogen) atoms. The predicted molar refractivity (Wildman–Crippen MR) is 182 cm³/mol. The molecule has 5 aromatic rings. The van der Waals surface area contributed by atoms with Crippen molar-refractivity contribution in [3.63, 3.8) is 0 Å². The lowest BCUT2D eigenvalue weighted by atomic mass is 9.97. The first-order valence-corrected chi connectivity index (χ1v) is 15.5. The van der Waals surface area contributed by atoms with Gasteiger partial charge in [0.2, 0.25) is 5.91 Å². The molecule has 0 aliphatic rings. The minimum atomic E-state index is -0.453. The number of non-ortho nitro benzene ring substituents is 1. The van der Waals surface area contributed by atoms with Gasteiger partial charge in [-0.1, -0.05) is 62.7 Å². The Morgan fingerprint density at radius 2 is 1.76 bits per heavy atom. The molecule has 11 heteroatoms. The number of rotatable bonds is 12. The average Bonchev–Trinajstić information content (AvgIpc) is 3.52. The highest BCUT2D eigenvalue weighted by Gasteiger charge is 2.24. The zero-order valence-corrected chi connectivity index (χ0v) is 26.4. The van der Waals surface area contributed by atoms with E-state index in [1.165, 1.54) is 24.3 Å². The van der Waals surface area contributed by atoms with Gasteiger partial charge < -0.3 is 20.1 Å². The van der Waals surface area contributed by atoms with Crippen LogP contribution < -0.4 is 10.6 Å². The smallest absolute Gasteiger partial charge is 0.269 e. The number of amides is 1. The fourth-order valence-electron chi connectivity index (χ4n) is 5.32. The number of thiocarbonyl (C=S) groups is 1. The van der Waals surface area contributed by atoms with Crippen molar-refractivity contribution in [1.82, 2.24) is 19.8 Å². The molecule has 2 atom stereocenters. The number of carbonyl (C=O) groups is 1. The monoisotopic (exact) mass is 638 g/mol. The molecule has 4 aromatic carbocycles. The molecule has 0 radical (unpaired) electrons. The standard InChI is InChI=1S/C35H35FN6O3S/c1-3-24(2)33(39-34(43)19-31-20-37-23-41(31)29-15-17-30(18-16-29)42(44)45)22-40(35(46)38-28-13-11-27(36)12-14-28)21-26-9-6-8-25-7-4-5-10-32(25)26/h4-18,20,23-24,33H,3,19,21-22H2,1-2H3,(H,38,46)(H,39,43). The summed E-state index contributed by atoms with van der Waals surface area (Å²) in [7, 11) is 0. The fourth-order valence-corrected chi connectivity index (χ4v) is 5.58. The van der Waals surface area contributed by atoms with Crippen LogP contribution in [0.3, 0.4) is 0 Å². The van der Waals surface area contributed by atoms with E-state index in [-0.39, 0.29) is 35.8 Å². The number of anilines is 1. The number of benzene rings is 4. The van der Waals surface area contributed by atoms with E-state index >= 15 is 0 Å². The zero-order valence-electron chi connectivity index (χ0n) is 25.6. The van der Waals surface area contributed by atoms with Crippen LogP contribution in [0, 0.1) is 21.8 Å². The Labute approximate surface area is 272 Å². The first-order chi connectivity index (χ1) is 22.2. The van der Waals surface area contributed by atoms with E-state index in [4.69, 9.17) is 12.2 Å². The van der Waals surface area contributed by atoms with Crippen molar-refractivity contribution in [2.24, 2.45) is 5.92 Å². The highest BCUT2D eigenvalue weighted by atomic mass is 32.1. The van der Waals surface area contributed by atoms with Gasteiger partial charge in [-0.3, -0.25) is 14.9 Å². The third-order valence-corrected chi connectivity index (χ3v) is 8.47. The van der Waals surface area contributed by atoms with E-state index in [0.29, 0.717) is 35.3 Å². The maximum atomic E-state index is 13.6.